The highest BCUT2D eigenvalue weighted by molar-refractivity contribution is 5.84. The minimum atomic E-state index is -0.230. The maximum atomic E-state index is 13.7. The van der Waals surface area contributed by atoms with Crippen molar-refractivity contribution in [3.63, 3.8) is 0 Å². The van der Waals surface area contributed by atoms with Crippen LogP contribution in [0.5, 0.6) is 0 Å². The molecule has 8 heteroatoms. The molecule has 2 aromatic heterocycles. The number of rotatable bonds is 7. The van der Waals surface area contributed by atoms with Gasteiger partial charge in [0.25, 0.3) is 5.56 Å². The van der Waals surface area contributed by atoms with E-state index in [4.69, 9.17) is 4.98 Å². The van der Waals surface area contributed by atoms with Crippen LogP contribution in [0, 0.1) is 18.8 Å². The van der Waals surface area contributed by atoms with Crippen molar-refractivity contribution in [3.8, 4) is 11.1 Å². The molecule has 1 saturated carbocycles. The zero-order valence-electron chi connectivity index (χ0n) is 20.8. The Morgan fingerprint density at radius 2 is 1.91 bits per heavy atom. The number of carbonyl (C=O) groups excluding carboxylic acids is 1. The normalized spacial score (nSPS) is 20.7. The number of hydrogen-bond acceptors (Lipinski definition) is 6. The molecule has 0 radical (unpaired) electrons. The van der Waals surface area contributed by atoms with Gasteiger partial charge in [-0.25, -0.2) is 9.99 Å². The molecule has 35 heavy (non-hydrogen) atoms. The van der Waals surface area contributed by atoms with Crippen LogP contribution in [0.25, 0.3) is 22.2 Å². The number of aryl methyl sites for hydroxylation is 1. The number of aromatic nitrogens is 3. The number of fused-ring (bicyclic) bond motifs is 2. The Hall–Kier alpha value is -3.26. The first kappa shape index (κ1) is 23.5. The topological polar surface area (TPSA) is 92.1 Å². The highest BCUT2D eigenvalue weighted by Gasteiger charge is 2.36. The number of anilines is 1. The van der Waals surface area contributed by atoms with E-state index in [1.807, 2.05) is 51.1 Å². The van der Waals surface area contributed by atoms with Gasteiger partial charge in [0.15, 0.2) is 0 Å². The summed E-state index contributed by atoms with van der Waals surface area (Å²) in [5, 5.41) is 5.89. The SMILES string of the molecule is CCC(C)NC(=O)Cn1c(=O)c(-c2ccccc2C)cc2cnc(NN3CC4CCCC4C3)nc21. The third kappa shape index (κ3) is 4.80. The molecule has 2 fully saturated rings. The fraction of sp³-hybridized carbons (Fsp3) is 0.481. The second kappa shape index (κ2) is 9.77. The third-order valence-electron chi connectivity index (χ3n) is 7.57. The van der Waals surface area contributed by atoms with E-state index in [1.165, 1.54) is 23.8 Å². The van der Waals surface area contributed by atoms with Crippen LogP contribution >= 0.6 is 0 Å². The second-order valence-corrected chi connectivity index (χ2v) is 10.1. The van der Waals surface area contributed by atoms with Gasteiger partial charge in [0.05, 0.1) is 0 Å². The molecule has 0 spiro atoms. The summed E-state index contributed by atoms with van der Waals surface area (Å²) in [5.74, 6) is 1.73. The molecule has 184 valence electrons. The molecule has 1 aliphatic carbocycles. The molecule has 8 nitrogen and oxygen atoms in total. The number of hydrogen-bond donors (Lipinski definition) is 2. The molecule has 5 rings (SSSR count). The first-order valence-corrected chi connectivity index (χ1v) is 12.7. The van der Waals surface area contributed by atoms with E-state index in [1.54, 1.807) is 6.20 Å². The Labute approximate surface area is 205 Å². The molecule has 2 aliphatic rings. The van der Waals surface area contributed by atoms with Gasteiger partial charge in [-0.2, -0.15) is 4.98 Å². The van der Waals surface area contributed by atoms with Gasteiger partial charge in [-0.3, -0.25) is 19.6 Å². The van der Waals surface area contributed by atoms with Crippen molar-refractivity contribution in [1.82, 2.24) is 24.9 Å². The van der Waals surface area contributed by atoms with Crippen LogP contribution in [-0.2, 0) is 11.3 Å². The van der Waals surface area contributed by atoms with Gasteiger partial charge in [-0.1, -0.05) is 37.6 Å². The molecule has 0 bridgehead atoms. The summed E-state index contributed by atoms with van der Waals surface area (Å²) >= 11 is 0. The molecular weight excluding hydrogens is 440 g/mol. The maximum absolute atomic E-state index is 13.7. The average molecular weight is 475 g/mol. The van der Waals surface area contributed by atoms with Crippen molar-refractivity contribution < 1.29 is 4.79 Å². The number of carbonyl (C=O) groups is 1. The van der Waals surface area contributed by atoms with E-state index in [-0.39, 0.29) is 24.1 Å². The van der Waals surface area contributed by atoms with Crippen LogP contribution in [0.15, 0.2) is 41.3 Å². The van der Waals surface area contributed by atoms with Crippen LogP contribution < -0.4 is 16.3 Å². The van der Waals surface area contributed by atoms with Gasteiger partial charge in [0.2, 0.25) is 11.9 Å². The quantitative estimate of drug-likeness (QED) is 0.542. The lowest BCUT2D eigenvalue weighted by molar-refractivity contribution is -0.122. The van der Waals surface area contributed by atoms with Gasteiger partial charge in [0.1, 0.15) is 12.2 Å². The standard InChI is InChI=1S/C27H34N6O2/c1-4-18(3)29-24(34)16-33-25-21(12-23(26(33)35)22-11-6-5-8-17(22)2)13-28-27(30-25)31-32-14-19-9-7-10-20(19)15-32/h5-6,8,11-13,18-20H,4,7,9-10,14-16H2,1-3H3,(H,29,34)(H,28,30,31). The largest absolute Gasteiger partial charge is 0.352 e. The van der Waals surface area contributed by atoms with E-state index >= 15 is 0 Å². The van der Waals surface area contributed by atoms with Crippen molar-refractivity contribution in [3.05, 3.63) is 52.4 Å². The van der Waals surface area contributed by atoms with Crippen molar-refractivity contribution >= 4 is 22.9 Å². The average Bonchev–Trinajstić information content (AvgIpc) is 3.43. The van der Waals surface area contributed by atoms with Gasteiger partial charge >= 0.3 is 0 Å². The summed E-state index contributed by atoms with van der Waals surface area (Å²) in [4.78, 5) is 35.8. The molecule has 1 amide bonds. The summed E-state index contributed by atoms with van der Waals surface area (Å²) in [7, 11) is 0. The minimum absolute atomic E-state index is 0.0329. The Bertz CT molecular complexity index is 1290. The Morgan fingerprint density at radius 3 is 2.63 bits per heavy atom. The predicted molar refractivity (Wildman–Crippen MR) is 138 cm³/mol. The van der Waals surface area contributed by atoms with E-state index in [2.05, 4.69) is 20.7 Å². The molecular formula is C27H34N6O2. The molecule has 3 unspecified atom stereocenters. The Balaban J connectivity index is 1.53. The lowest BCUT2D eigenvalue weighted by Crippen LogP contribution is -2.37. The van der Waals surface area contributed by atoms with Crippen molar-refractivity contribution in [2.75, 3.05) is 18.5 Å². The number of nitrogens with one attached hydrogen (secondary N) is 2. The van der Waals surface area contributed by atoms with Gasteiger partial charge in [-0.05, 0) is 62.1 Å². The fourth-order valence-corrected chi connectivity index (χ4v) is 5.46. The first-order chi connectivity index (χ1) is 16.9. The van der Waals surface area contributed by atoms with Crippen molar-refractivity contribution in [2.45, 2.75) is 59.0 Å². The van der Waals surface area contributed by atoms with Crippen molar-refractivity contribution in [2.24, 2.45) is 11.8 Å². The molecule has 1 aromatic carbocycles. The van der Waals surface area contributed by atoms with Gasteiger partial charge in [0, 0.05) is 36.3 Å². The first-order valence-electron chi connectivity index (χ1n) is 12.7. The zero-order chi connectivity index (χ0) is 24.5. The summed E-state index contributed by atoms with van der Waals surface area (Å²) in [6.45, 7) is 7.84. The van der Waals surface area contributed by atoms with Gasteiger partial charge in [-0.15, -0.1) is 0 Å². The lowest BCUT2D eigenvalue weighted by atomic mass is 10.0. The Morgan fingerprint density at radius 1 is 1.17 bits per heavy atom. The minimum Gasteiger partial charge on any atom is -0.352 e. The van der Waals surface area contributed by atoms with Crippen LogP contribution in [0.2, 0.25) is 0 Å². The molecule has 3 heterocycles. The highest BCUT2D eigenvalue weighted by atomic mass is 16.2. The molecule has 2 N–H and O–H groups in total. The molecule has 3 atom stereocenters. The summed E-state index contributed by atoms with van der Waals surface area (Å²) in [6.07, 6.45) is 6.45. The number of benzene rings is 1. The maximum Gasteiger partial charge on any atom is 0.260 e. The Kier molecular flexibility index (Phi) is 6.56. The summed E-state index contributed by atoms with van der Waals surface area (Å²) < 4.78 is 1.49. The van der Waals surface area contributed by atoms with Crippen molar-refractivity contribution in [1.29, 1.82) is 0 Å². The fourth-order valence-electron chi connectivity index (χ4n) is 5.46. The number of amides is 1. The van der Waals surface area contributed by atoms with Gasteiger partial charge < -0.3 is 5.32 Å². The number of nitrogens with zero attached hydrogens (tertiary/aromatic N) is 4. The van der Waals surface area contributed by atoms with E-state index < -0.39 is 0 Å². The van der Waals surface area contributed by atoms with Crippen LogP contribution in [0.4, 0.5) is 5.95 Å². The summed E-state index contributed by atoms with van der Waals surface area (Å²) in [6, 6.07) is 9.65. The third-order valence-corrected chi connectivity index (χ3v) is 7.57. The second-order valence-electron chi connectivity index (χ2n) is 10.1. The van der Waals surface area contributed by atoms with E-state index in [0.29, 0.717) is 17.2 Å². The monoisotopic (exact) mass is 474 g/mol. The number of hydrazine groups is 1. The predicted octanol–water partition coefficient (Wildman–Crippen LogP) is 3.74. The molecule has 3 aromatic rings. The molecule has 1 aliphatic heterocycles. The van der Waals surface area contributed by atoms with Crippen LogP contribution in [0.1, 0.15) is 45.1 Å². The lowest BCUT2D eigenvalue weighted by Gasteiger charge is -2.19. The van der Waals surface area contributed by atoms with E-state index in [9.17, 15) is 9.59 Å². The van der Waals surface area contributed by atoms with Crippen LogP contribution in [-0.4, -0.2) is 44.6 Å². The highest BCUT2D eigenvalue weighted by Crippen LogP contribution is 2.37. The zero-order valence-corrected chi connectivity index (χ0v) is 20.8. The number of pyridine rings is 1. The van der Waals surface area contributed by atoms with Crippen LogP contribution in [0.3, 0.4) is 0 Å². The summed E-state index contributed by atoms with van der Waals surface area (Å²) in [5.41, 5.74) is 5.98. The molecule has 1 saturated heterocycles. The van der Waals surface area contributed by atoms with E-state index in [0.717, 1.165) is 47.9 Å². The smallest absolute Gasteiger partial charge is 0.260 e.